The van der Waals surface area contributed by atoms with Crippen molar-refractivity contribution in [2.75, 3.05) is 0 Å². The molecule has 2 N–H and O–H groups in total. The van der Waals surface area contributed by atoms with Crippen LogP contribution in [-0.2, 0) is 20.1 Å². The molecule has 0 fully saturated rings. The lowest BCUT2D eigenvalue weighted by molar-refractivity contribution is 0.305. The smallest absolute Gasteiger partial charge is 0.120 e. The molecule has 4 heteroatoms. The van der Waals surface area contributed by atoms with Gasteiger partial charge in [-0.3, -0.25) is 4.68 Å². The molecular weight excluding hydrogens is 238 g/mol. The van der Waals surface area contributed by atoms with Gasteiger partial charge in [0.1, 0.15) is 12.4 Å². The first-order valence-corrected chi connectivity index (χ1v) is 6.62. The molecule has 2 rings (SSSR count). The van der Waals surface area contributed by atoms with Crippen LogP contribution in [0.5, 0.6) is 5.75 Å². The van der Waals surface area contributed by atoms with Gasteiger partial charge in [0.05, 0.1) is 6.20 Å². The van der Waals surface area contributed by atoms with Crippen LogP contribution in [0.2, 0.25) is 0 Å². The number of aryl methyl sites for hydroxylation is 1. The third-order valence-electron chi connectivity index (χ3n) is 3.08. The Morgan fingerprint density at radius 3 is 2.89 bits per heavy atom. The Morgan fingerprint density at radius 2 is 2.21 bits per heavy atom. The van der Waals surface area contributed by atoms with E-state index in [-0.39, 0.29) is 6.04 Å². The molecule has 0 saturated heterocycles. The van der Waals surface area contributed by atoms with E-state index in [4.69, 9.17) is 10.5 Å². The summed E-state index contributed by atoms with van der Waals surface area (Å²) in [4.78, 5) is 0. The molecule has 0 amide bonds. The number of nitrogens with zero attached hydrogens (tertiary/aromatic N) is 2. The number of ether oxygens (including phenoxy) is 1. The summed E-state index contributed by atoms with van der Waals surface area (Å²) in [7, 11) is 1.90. The molecule has 2 aromatic rings. The minimum absolute atomic E-state index is 0.216. The molecule has 1 unspecified atom stereocenters. The summed E-state index contributed by atoms with van der Waals surface area (Å²) in [5.41, 5.74) is 8.26. The Labute approximate surface area is 114 Å². The number of benzene rings is 1. The van der Waals surface area contributed by atoms with Gasteiger partial charge in [0.2, 0.25) is 0 Å². The first-order valence-electron chi connectivity index (χ1n) is 6.62. The normalized spacial score (nSPS) is 12.4. The third-order valence-corrected chi connectivity index (χ3v) is 3.08. The van der Waals surface area contributed by atoms with Crippen molar-refractivity contribution >= 4 is 0 Å². The largest absolute Gasteiger partial charge is 0.489 e. The zero-order chi connectivity index (χ0) is 13.7. The predicted octanol–water partition coefficient (Wildman–Crippen LogP) is 2.28. The molecule has 0 saturated carbocycles. The maximum Gasteiger partial charge on any atom is 0.120 e. The van der Waals surface area contributed by atoms with Gasteiger partial charge >= 0.3 is 0 Å². The van der Waals surface area contributed by atoms with E-state index in [9.17, 15) is 0 Å². The molecule has 1 atom stereocenters. The second-order valence-electron chi connectivity index (χ2n) is 4.83. The van der Waals surface area contributed by atoms with E-state index in [0.717, 1.165) is 24.2 Å². The minimum Gasteiger partial charge on any atom is -0.489 e. The molecule has 0 aliphatic rings. The van der Waals surface area contributed by atoms with Gasteiger partial charge in [0, 0.05) is 24.8 Å². The summed E-state index contributed by atoms with van der Waals surface area (Å²) < 4.78 is 7.54. The Morgan fingerprint density at radius 1 is 1.37 bits per heavy atom. The maximum absolute atomic E-state index is 5.97. The summed E-state index contributed by atoms with van der Waals surface area (Å²) in [5.74, 6) is 0.879. The molecule has 0 aliphatic heterocycles. The van der Waals surface area contributed by atoms with Gasteiger partial charge in [-0.2, -0.15) is 5.10 Å². The van der Waals surface area contributed by atoms with Crippen molar-refractivity contribution in [3.8, 4) is 5.75 Å². The highest BCUT2D eigenvalue weighted by Gasteiger charge is 2.03. The Balaban J connectivity index is 1.95. The average Bonchev–Trinajstić information content (AvgIpc) is 2.82. The molecule has 1 aromatic heterocycles. The van der Waals surface area contributed by atoms with Crippen molar-refractivity contribution < 1.29 is 4.74 Å². The average molecular weight is 259 g/mol. The summed E-state index contributed by atoms with van der Waals surface area (Å²) in [5, 5.41) is 4.12. The molecule has 102 valence electrons. The standard InChI is InChI=1S/C15H21N3O/c1-3-14(16)7-12-5-4-6-15(8-12)19-11-13-9-17-18(2)10-13/h4-6,8-10,14H,3,7,11,16H2,1-2H3. The fourth-order valence-corrected chi connectivity index (χ4v) is 1.92. The van der Waals surface area contributed by atoms with Crippen molar-refractivity contribution in [2.45, 2.75) is 32.4 Å². The highest BCUT2D eigenvalue weighted by Crippen LogP contribution is 2.16. The molecule has 1 aromatic carbocycles. The third kappa shape index (κ3) is 4.10. The fraction of sp³-hybridized carbons (Fsp3) is 0.400. The van der Waals surface area contributed by atoms with Crippen LogP contribution in [0.1, 0.15) is 24.5 Å². The highest BCUT2D eigenvalue weighted by molar-refractivity contribution is 5.29. The van der Waals surface area contributed by atoms with Crippen molar-refractivity contribution in [3.05, 3.63) is 47.8 Å². The molecule has 0 radical (unpaired) electrons. The van der Waals surface area contributed by atoms with Crippen molar-refractivity contribution in [2.24, 2.45) is 12.8 Å². The Hall–Kier alpha value is -1.81. The zero-order valence-corrected chi connectivity index (χ0v) is 11.5. The minimum atomic E-state index is 0.216. The first-order chi connectivity index (χ1) is 9.17. The SMILES string of the molecule is CCC(N)Cc1cccc(OCc2cnn(C)c2)c1. The van der Waals surface area contributed by atoms with Gasteiger partial charge in [-0.05, 0) is 30.5 Å². The number of aromatic nitrogens is 2. The van der Waals surface area contributed by atoms with Crippen LogP contribution in [0, 0.1) is 0 Å². The van der Waals surface area contributed by atoms with E-state index in [0.29, 0.717) is 6.61 Å². The van der Waals surface area contributed by atoms with Crippen LogP contribution in [-0.4, -0.2) is 15.8 Å². The molecule has 0 bridgehead atoms. The maximum atomic E-state index is 5.97. The second kappa shape index (κ2) is 6.38. The zero-order valence-electron chi connectivity index (χ0n) is 11.5. The van der Waals surface area contributed by atoms with E-state index in [1.54, 1.807) is 4.68 Å². The van der Waals surface area contributed by atoms with Gasteiger partial charge in [-0.15, -0.1) is 0 Å². The molecule has 19 heavy (non-hydrogen) atoms. The summed E-state index contributed by atoms with van der Waals surface area (Å²) in [6.07, 6.45) is 5.65. The van der Waals surface area contributed by atoms with Crippen molar-refractivity contribution in [1.29, 1.82) is 0 Å². The van der Waals surface area contributed by atoms with E-state index in [2.05, 4.69) is 24.2 Å². The lowest BCUT2D eigenvalue weighted by atomic mass is 10.0. The number of hydrogen-bond donors (Lipinski definition) is 1. The molecule has 0 aliphatic carbocycles. The summed E-state index contributed by atoms with van der Waals surface area (Å²) in [6.45, 7) is 2.64. The van der Waals surface area contributed by atoms with Crippen LogP contribution in [0.3, 0.4) is 0 Å². The van der Waals surface area contributed by atoms with E-state index in [1.807, 2.05) is 31.6 Å². The molecule has 0 spiro atoms. The van der Waals surface area contributed by atoms with E-state index < -0.39 is 0 Å². The molecular formula is C15H21N3O. The van der Waals surface area contributed by atoms with Gasteiger partial charge in [0.25, 0.3) is 0 Å². The van der Waals surface area contributed by atoms with Gasteiger partial charge < -0.3 is 10.5 Å². The van der Waals surface area contributed by atoms with Gasteiger partial charge in [-0.1, -0.05) is 19.1 Å². The van der Waals surface area contributed by atoms with Gasteiger partial charge in [-0.25, -0.2) is 0 Å². The number of rotatable bonds is 6. The number of hydrogen-bond acceptors (Lipinski definition) is 3. The van der Waals surface area contributed by atoms with E-state index >= 15 is 0 Å². The van der Waals surface area contributed by atoms with Crippen LogP contribution in [0.15, 0.2) is 36.7 Å². The monoisotopic (exact) mass is 259 g/mol. The summed E-state index contributed by atoms with van der Waals surface area (Å²) >= 11 is 0. The van der Waals surface area contributed by atoms with Crippen LogP contribution in [0.4, 0.5) is 0 Å². The van der Waals surface area contributed by atoms with E-state index in [1.165, 1.54) is 5.56 Å². The second-order valence-corrected chi connectivity index (χ2v) is 4.83. The first kappa shape index (κ1) is 13.6. The van der Waals surface area contributed by atoms with Crippen molar-refractivity contribution in [3.63, 3.8) is 0 Å². The fourth-order valence-electron chi connectivity index (χ4n) is 1.92. The molecule has 4 nitrogen and oxygen atoms in total. The lowest BCUT2D eigenvalue weighted by Gasteiger charge is -2.10. The quantitative estimate of drug-likeness (QED) is 0.866. The van der Waals surface area contributed by atoms with Crippen LogP contribution < -0.4 is 10.5 Å². The van der Waals surface area contributed by atoms with Crippen molar-refractivity contribution in [1.82, 2.24) is 9.78 Å². The highest BCUT2D eigenvalue weighted by atomic mass is 16.5. The lowest BCUT2D eigenvalue weighted by Crippen LogP contribution is -2.21. The van der Waals surface area contributed by atoms with Crippen LogP contribution in [0.25, 0.3) is 0 Å². The van der Waals surface area contributed by atoms with Gasteiger partial charge in [0.15, 0.2) is 0 Å². The number of nitrogens with two attached hydrogens (primary N) is 1. The molecule has 1 heterocycles. The Bertz CT molecular complexity index is 522. The Kier molecular flexibility index (Phi) is 4.58. The predicted molar refractivity (Wildman–Crippen MR) is 76.0 cm³/mol. The topological polar surface area (TPSA) is 53.1 Å². The summed E-state index contributed by atoms with van der Waals surface area (Å²) in [6, 6.07) is 8.35. The van der Waals surface area contributed by atoms with Crippen LogP contribution >= 0.6 is 0 Å².